The maximum Gasteiger partial charge on any atom is 0.225 e. The number of hydrogen-bond acceptors (Lipinski definition) is 3. The number of aliphatic hydroxyl groups excluding tert-OH is 1. The Morgan fingerprint density at radius 1 is 1.50 bits per heavy atom. The van der Waals surface area contributed by atoms with Crippen LogP contribution in [0, 0.1) is 11.7 Å². The lowest BCUT2D eigenvalue weighted by molar-refractivity contribution is -0.123. The van der Waals surface area contributed by atoms with E-state index in [4.69, 9.17) is 0 Å². The van der Waals surface area contributed by atoms with Crippen LogP contribution in [0.2, 0.25) is 0 Å². The minimum absolute atomic E-state index is 0.00866. The number of halogens is 1. The number of amides is 1. The van der Waals surface area contributed by atoms with E-state index in [0.717, 1.165) is 19.4 Å². The number of fused-ring (bicyclic) bond motifs is 1. The van der Waals surface area contributed by atoms with Crippen LogP contribution in [0.1, 0.15) is 31.4 Å². The maximum atomic E-state index is 14.3. The standard InChI is InChI=1S/C15H19FN2O2/c1-9(19)10-4-2-6-12(16)14(10)18-7-3-5-11-13(18)8-17-15(11)20/h2,4,6,9,11,13,19H,3,5,7-8H2,1H3,(H,17,20)/t9-,11?,13?/m1/s1. The second-order valence-corrected chi connectivity index (χ2v) is 5.61. The zero-order valence-electron chi connectivity index (χ0n) is 11.5. The Morgan fingerprint density at radius 3 is 3.05 bits per heavy atom. The van der Waals surface area contributed by atoms with Gasteiger partial charge in [-0.1, -0.05) is 12.1 Å². The molecule has 2 unspecified atom stereocenters. The third-order valence-electron chi connectivity index (χ3n) is 4.36. The van der Waals surface area contributed by atoms with E-state index in [1.165, 1.54) is 6.07 Å². The third kappa shape index (κ3) is 2.06. The van der Waals surface area contributed by atoms with Crippen molar-refractivity contribution < 1.29 is 14.3 Å². The molecule has 1 amide bonds. The second-order valence-electron chi connectivity index (χ2n) is 5.61. The summed E-state index contributed by atoms with van der Waals surface area (Å²) in [7, 11) is 0. The lowest BCUT2D eigenvalue weighted by Gasteiger charge is -2.39. The van der Waals surface area contributed by atoms with Gasteiger partial charge in [0.1, 0.15) is 5.82 Å². The van der Waals surface area contributed by atoms with E-state index < -0.39 is 6.10 Å². The molecular weight excluding hydrogens is 259 g/mol. The van der Waals surface area contributed by atoms with Crippen LogP contribution in [0.25, 0.3) is 0 Å². The van der Waals surface area contributed by atoms with Crippen molar-refractivity contribution >= 4 is 11.6 Å². The largest absolute Gasteiger partial charge is 0.389 e. The van der Waals surface area contributed by atoms with E-state index in [1.807, 2.05) is 4.90 Å². The quantitative estimate of drug-likeness (QED) is 0.864. The molecule has 108 valence electrons. The molecule has 3 atom stereocenters. The normalized spacial score (nSPS) is 27.1. The number of nitrogens with zero attached hydrogens (tertiary/aromatic N) is 1. The minimum atomic E-state index is -0.730. The molecule has 0 saturated carbocycles. The van der Waals surface area contributed by atoms with Gasteiger partial charge in [0.2, 0.25) is 5.91 Å². The van der Waals surface area contributed by atoms with E-state index in [9.17, 15) is 14.3 Å². The Kier molecular flexibility index (Phi) is 3.38. The van der Waals surface area contributed by atoms with Crippen molar-refractivity contribution in [3.63, 3.8) is 0 Å². The number of benzene rings is 1. The van der Waals surface area contributed by atoms with Gasteiger partial charge in [-0.05, 0) is 25.8 Å². The number of nitrogens with one attached hydrogen (secondary N) is 1. The van der Waals surface area contributed by atoms with Gasteiger partial charge in [0, 0.05) is 18.7 Å². The monoisotopic (exact) mass is 278 g/mol. The van der Waals surface area contributed by atoms with Crippen molar-refractivity contribution in [3.8, 4) is 0 Å². The fraction of sp³-hybridized carbons (Fsp3) is 0.533. The van der Waals surface area contributed by atoms with Crippen LogP contribution in [-0.2, 0) is 4.79 Å². The molecule has 1 aromatic carbocycles. The topological polar surface area (TPSA) is 52.6 Å². The first-order chi connectivity index (χ1) is 9.59. The molecule has 0 spiro atoms. The summed E-state index contributed by atoms with van der Waals surface area (Å²) in [5.74, 6) is -0.330. The maximum absolute atomic E-state index is 14.3. The number of para-hydroxylation sites is 1. The molecule has 5 heteroatoms. The predicted octanol–water partition coefficient (Wildman–Crippen LogP) is 1.59. The molecule has 1 aromatic rings. The van der Waals surface area contributed by atoms with Crippen molar-refractivity contribution in [2.24, 2.45) is 5.92 Å². The molecule has 2 N–H and O–H groups in total. The molecule has 2 heterocycles. The van der Waals surface area contributed by atoms with Gasteiger partial charge in [0.15, 0.2) is 0 Å². The Balaban J connectivity index is 2.02. The summed E-state index contributed by atoms with van der Waals surface area (Å²) >= 11 is 0. The van der Waals surface area contributed by atoms with Gasteiger partial charge in [-0.15, -0.1) is 0 Å². The average Bonchev–Trinajstić information content (AvgIpc) is 2.80. The third-order valence-corrected chi connectivity index (χ3v) is 4.36. The number of rotatable bonds is 2. The summed E-state index contributed by atoms with van der Waals surface area (Å²) in [6.45, 7) is 2.91. The Labute approximate surface area is 117 Å². The van der Waals surface area contributed by atoms with Gasteiger partial charge in [-0.25, -0.2) is 4.39 Å². The van der Waals surface area contributed by atoms with Crippen molar-refractivity contribution in [1.82, 2.24) is 5.32 Å². The van der Waals surface area contributed by atoms with Crippen LogP contribution in [0.3, 0.4) is 0 Å². The van der Waals surface area contributed by atoms with Crippen LogP contribution in [0.15, 0.2) is 18.2 Å². The van der Waals surface area contributed by atoms with E-state index in [-0.39, 0.29) is 23.7 Å². The summed E-state index contributed by atoms with van der Waals surface area (Å²) in [4.78, 5) is 13.8. The first-order valence-corrected chi connectivity index (χ1v) is 7.10. The summed E-state index contributed by atoms with van der Waals surface area (Å²) in [5, 5.41) is 12.7. The molecule has 2 aliphatic rings. The molecule has 0 bridgehead atoms. The van der Waals surface area contributed by atoms with Gasteiger partial charge >= 0.3 is 0 Å². The number of anilines is 1. The fourth-order valence-electron chi connectivity index (χ4n) is 3.40. The van der Waals surface area contributed by atoms with Crippen molar-refractivity contribution in [1.29, 1.82) is 0 Å². The molecule has 3 rings (SSSR count). The summed E-state index contributed by atoms with van der Waals surface area (Å²) in [5.41, 5.74) is 1.04. The minimum Gasteiger partial charge on any atom is -0.389 e. The average molecular weight is 278 g/mol. The van der Waals surface area contributed by atoms with Gasteiger partial charge in [-0.2, -0.15) is 0 Å². The number of carbonyl (C=O) groups is 1. The number of hydrogen-bond donors (Lipinski definition) is 2. The number of piperidine rings is 1. The number of carbonyl (C=O) groups excluding carboxylic acids is 1. The van der Waals surface area contributed by atoms with Gasteiger partial charge in [-0.3, -0.25) is 4.79 Å². The summed E-state index contributed by atoms with van der Waals surface area (Å²) < 4.78 is 14.3. The molecule has 2 aliphatic heterocycles. The molecule has 0 aromatic heterocycles. The highest BCUT2D eigenvalue weighted by molar-refractivity contribution is 5.83. The van der Waals surface area contributed by atoms with Gasteiger partial charge in [0.25, 0.3) is 0 Å². The zero-order valence-corrected chi connectivity index (χ0v) is 11.5. The van der Waals surface area contributed by atoms with Crippen LogP contribution in [0.5, 0.6) is 0 Å². The molecule has 2 saturated heterocycles. The van der Waals surface area contributed by atoms with E-state index in [0.29, 0.717) is 17.8 Å². The highest BCUT2D eigenvalue weighted by Gasteiger charge is 2.42. The number of aliphatic hydroxyl groups is 1. The molecular formula is C15H19FN2O2. The Hall–Kier alpha value is -1.62. The van der Waals surface area contributed by atoms with Crippen molar-refractivity contribution in [2.45, 2.75) is 31.9 Å². The van der Waals surface area contributed by atoms with Crippen LogP contribution in [0.4, 0.5) is 10.1 Å². The van der Waals surface area contributed by atoms with Gasteiger partial charge < -0.3 is 15.3 Å². The molecule has 4 nitrogen and oxygen atoms in total. The second kappa shape index (κ2) is 5.05. The zero-order chi connectivity index (χ0) is 14.3. The Morgan fingerprint density at radius 2 is 2.30 bits per heavy atom. The Bertz CT molecular complexity index is 533. The highest BCUT2D eigenvalue weighted by Crippen LogP contribution is 2.36. The highest BCUT2D eigenvalue weighted by atomic mass is 19.1. The fourth-order valence-corrected chi connectivity index (χ4v) is 3.40. The van der Waals surface area contributed by atoms with Crippen LogP contribution >= 0.6 is 0 Å². The van der Waals surface area contributed by atoms with E-state index >= 15 is 0 Å². The van der Waals surface area contributed by atoms with Crippen LogP contribution in [-0.4, -0.2) is 30.1 Å². The molecule has 0 radical (unpaired) electrons. The lowest BCUT2D eigenvalue weighted by Crippen LogP contribution is -2.46. The van der Waals surface area contributed by atoms with E-state index in [2.05, 4.69) is 5.32 Å². The summed E-state index contributed by atoms with van der Waals surface area (Å²) in [6.07, 6.45) is 0.985. The first-order valence-electron chi connectivity index (χ1n) is 7.10. The molecule has 20 heavy (non-hydrogen) atoms. The SMILES string of the molecule is C[C@@H](O)c1cccc(F)c1N1CCCC2C(=O)NCC21. The van der Waals surface area contributed by atoms with Crippen molar-refractivity contribution in [2.75, 3.05) is 18.0 Å². The van der Waals surface area contributed by atoms with Crippen molar-refractivity contribution in [3.05, 3.63) is 29.6 Å². The smallest absolute Gasteiger partial charge is 0.225 e. The summed E-state index contributed by atoms with van der Waals surface area (Å²) in [6, 6.07) is 4.76. The molecule has 2 fully saturated rings. The first kappa shape index (κ1) is 13.4. The lowest BCUT2D eigenvalue weighted by atomic mass is 9.90. The predicted molar refractivity (Wildman–Crippen MR) is 73.9 cm³/mol. The molecule has 0 aliphatic carbocycles. The van der Waals surface area contributed by atoms with Gasteiger partial charge in [0.05, 0.1) is 23.8 Å². The van der Waals surface area contributed by atoms with E-state index in [1.54, 1.807) is 19.1 Å². The van der Waals surface area contributed by atoms with Crippen LogP contribution < -0.4 is 10.2 Å².